The number of rotatable bonds is 9. The highest BCUT2D eigenvalue weighted by Crippen LogP contribution is 2.23. The lowest BCUT2D eigenvalue weighted by molar-refractivity contribution is -0.137. The second-order valence-electron chi connectivity index (χ2n) is 4.13. The van der Waals surface area contributed by atoms with E-state index in [4.69, 9.17) is 15.9 Å². The Hall–Kier alpha value is -1.83. The lowest BCUT2D eigenvalue weighted by Crippen LogP contribution is -2.41. The second kappa shape index (κ2) is 7.49. The van der Waals surface area contributed by atoms with Crippen LogP contribution in [0.3, 0.4) is 0 Å². The molecule has 0 unspecified atom stereocenters. The van der Waals surface area contributed by atoms with Crippen LogP contribution < -0.4 is 5.73 Å². The molecular formula is C10H16N2O6. The minimum atomic E-state index is -1.09. The quantitative estimate of drug-likeness (QED) is 0.511. The molecule has 0 radical (unpaired) electrons. The summed E-state index contributed by atoms with van der Waals surface area (Å²) < 4.78 is 0. The molecule has 0 aromatic heterocycles. The van der Waals surface area contributed by atoms with E-state index >= 15 is 0 Å². The number of hydrogen-bond acceptors (Lipinski definition) is 5. The average molecular weight is 260 g/mol. The summed E-state index contributed by atoms with van der Waals surface area (Å²) in [5.41, 5.74) is 4.79. The fourth-order valence-corrected chi connectivity index (χ4v) is 1.49. The van der Waals surface area contributed by atoms with Gasteiger partial charge in [0.1, 0.15) is 0 Å². The number of nitrogens with zero attached hydrogens (tertiary/aromatic N) is 1. The molecule has 0 saturated heterocycles. The van der Waals surface area contributed by atoms with Gasteiger partial charge in [-0.05, 0) is 19.3 Å². The molecule has 0 fully saturated rings. The van der Waals surface area contributed by atoms with Gasteiger partial charge in [0, 0.05) is 30.0 Å². The van der Waals surface area contributed by atoms with Gasteiger partial charge in [-0.15, -0.1) is 4.91 Å². The molecule has 1 amide bonds. The first kappa shape index (κ1) is 16.2. The zero-order valence-electron chi connectivity index (χ0n) is 9.79. The van der Waals surface area contributed by atoms with Crippen LogP contribution in [0.5, 0.6) is 0 Å². The topological polar surface area (TPSA) is 147 Å². The molecule has 0 rings (SSSR count). The molecule has 8 nitrogen and oxygen atoms in total. The number of nitrogens with two attached hydrogens (primary N) is 1. The molecule has 0 aliphatic rings. The third-order valence-corrected chi connectivity index (χ3v) is 2.61. The monoisotopic (exact) mass is 260 g/mol. The predicted octanol–water partition coefficient (Wildman–Crippen LogP) is 0.487. The van der Waals surface area contributed by atoms with Gasteiger partial charge in [0.2, 0.25) is 0 Å². The van der Waals surface area contributed by atoms with E-state index in [2.05, 4.69) is 5.18 Å². The fourth-order valence-electron chi connectivity index (χ4n) is 1.49. The van der Waals surface area contributed by atoms with Gasteiger partial charge >= 0.3 is 11.9 Å². The maximum Gasteiger partial charge on any atom is 0.303 e. The Morgan fingerprint density at radius 3 is 1.67 bits per heavy atom. The van der Waals surface area contributed by atoms with Crippen LogP contribution in [0.15, 0.2) is 5.18 Å². The molecule has 8 heteroatoms. The Labute approximate surface area is 103 Å². The van der Waals surface area contributed by atoms with Gasteiger partial charge < -0.3 is 15.9 Å². The first-order valence-corrected chi connectivity index (χ1v) is 5.38. The summed E-state index contributed by atoms with van der Waals surface area (Å²) in [5, 5.41) is 19.3. The Morgan fingerprint density at radius 2 is 1.33 bits per heavy atom. The van der Waals surface area contributed by atoms with E-state index in [1.165, 1.54) is 0 Å². The van der Waals surface area contributed by atoms with Gasteiger partial charge in [0.25, 0.3) is 5.91 Å². The fraction of sp³-hybridized carbons (Fsp3) is 0.700. The first-order valence-electron chi connectivity index (χ1n) is 5.38. The average Bonchev–Trinajstić information content (AvgIpc) is 2.31. The van der Waals surface area contributed by atoms with Gasteiger partial charge in [-0.1, -0.05) is 0 Å². The Morgan fingerprint density at radius 1 is 0.944 bits per heavy atom. The third kappa shape index (κ3) is 7.44. The lowest BCUT2D eigenvalue weighted by Gasteiger charge is -2.28. The maximum atomic E-state index is 10.8. The second-order valence-corrected chi connectivity index (χ2v) is 4.13. The number of carbonyl (C=O) groups is 3. The van der Waals surface area contributed by atoms with E-state index in [0.717, 1.165) is 0 Å². The number of hydrogen-bond donors (Lipinski definition) is 3. The molecule has 0 heterocycles. The van der Waals surface area contributed by atoms with E-state index < -0.39 is 23.4 Å². The first-order chi connectivity index (χ1) is 8.29. The number of nitroso groups, excluding NO2 is 1. The van der Waals surface area contributed by atoms with Crippen molar-refractivity contribution >= 4 is 17.8 Å². The van der Waals surface area contributed by atoms with Crippen LogP contribution in [0, 0.1) is 4.91 Å². The van der Waals surface area contributed by atoms with Crippen LogP contribution in [-0.4, -0.2) is 33.6 Å². The van der Waals surface area contributed by atoms with Gasteiger partial charge in [-0.2, -0.15) is 0 Å². The van der Waals surface area contributed by atoms with Crippen molar-refractivity contribution in [1.29, 1.82) is 0 Å². The molecule has 0 aliphatic heterocycles. The summed E-state index contributed by atoms with van der Waals surface area (Å²) in [6.07, 6.45) is -0.529. The zero-order chi connectivity index (χ0) is 14.2. The Balaban J connectivity index is 4.46. The SMILES string of the molecule is NC(CCC(=O)O)(CCC(=O)O)CCC(=O)N=O. The van der Waals surface area contributed by atoms with E-state index in [9.17, 15) is 19.3 Å². The molecule has 18 heavy (non-hydrogen) atoms. The molecule has 0 spiro atoms. The Kier molecular flexibility index (Phi) is 6.73. The minimum Gasteiger partial charge on any atom is -0.481 e. The number of carboxylic acids is 2. The van der Waals surface area contributed by atoms with Gasteiger partial charge in [-0.3, -0.25) is 14.4 Å². The van der Waals surface area contributed by atoms with Gasteiger partial charge in [-0.25, -0.2) is 0 Å². The number of carbonyl (C=O) groups excluding carboxylic acids is 1. The molecule has 4 N–H and O–H groups in total. The maximum absolute atomic E-state index is 10.8. The van der Waals surface area contributed by atoms with Crippen molar-refractivity contribution in [1.82, 2.24) is 0 Å². The largest absolute Gasteiger partial charge is 0.481 e. The third-order valence-electron chi connectivity index (χ3n) is 2.61. The van der Waals surface area contributed by atoms with Gasteiger partial charge in [0.05, 0.1) is 0 Å². The zero-order valence-corrected chi connectivity index (χ0v) is 9.79. The summed E-state index contributed by atoms with van der Waals surface area (Å²) in [5.74, 6) is -2.99. The number of carboxylic acid groups (broad SMARTS) is 2. The van der Waals surface area contributed by atoms with Crippen LogP contribution in [0.2, 0.25) is 0 Å². The normalized spacial score (nSPS) is 10.9. The highest BCUT2D eigenvalue weighted by atomic mass is 16.4. The smallest absolute Gasteiger partial charge is 0.303 e. The van der Waals surface area contributed by atoms with Crippen LogP contribution >= 0.6 is 0 Å². The van der Waals surface area contributed by atoms with Crippen molar-refractivity contribution in [3.63, 3.8) is 0 Å². The van der Waals surface area contributed by atoms with Crippen molar-refractivity contribution < 1.29 is 24.6 Å². The molecule has 0 saturated carbocycles. The van der Waals surface area contributed by atoms with E-state index in [1.54, 1.807) is 0 Å². The molecule has 0 aromatic carbocycles. The molecule has 0 bridgehead atoms. The van der Waals surface area contributed by atoms with Crippen LogP contribution in [0.1, 0.15) is 38.5 Å². The highest BCUT2D eigenvalue weighted by Gasteiger charge is 2.27. The highest BCUT2D eigenvalue weighted by molar-refractivity contribution is 5.76. The summed E-state index contributed by atoms with van der Waals surface area (Å²) in [7, 11) is 0. The van der Waals surface area contributed by atoms with Crippen molar-refractivity contribution in [2.24, 2.45) is 10.9 Å². The van der Waals surface area contributed by atoms with Crippen molar-refractivity contribution in [3.05, 3.63) is 4.91 Å². The van der Waals surface area contributed by atoms with Crippen molar-refractivity contribution in [2.45, 2.75) is 44.1 Å². The Bertz CT molecular complexity index is 323. The van der Waals surface area contributed by atoms with Crippen molar-refractivity contribution in [3.8, 4) is 0 Å². The summed E-state index contributed by atoms with van der Waals surface area (Å²) >= 11 is 0. The number of amides is 1. The summed E-state index contributed by atoms with van der Waals surface area (Å²) in [6, 6.07) is 0. The standard InChI is InChI=1S/C10H16N2O6/c11-10(5-2-8(14)15,6-3-9(16)17)4-1-7(13)12-18/h1-6,11H2,(H,14,15)(H,16,17). The minimum absolute atomic E-state index is 0.0398. The van der Waals surface area contributed by atoms with E-state index in [0.29, 0.717) is 0 Å². The van der Waals surface area contributed by atoms with E-state index in [-0.39, 0.29) is 38.5 Å². The van der Waals surface area contributed by atoms with Crippen LogP contribution in [0.25, 0.3) is 0 Å². The summed E-state index contributed by atoms with van der Waals surface area (Å²) in [4.78, 5) is 41.6. The molecule has 102 valence electrons. The number of aliphatic carboxylic acids is 2. The van der Waals surface area contributed by atoms with Crippen LogP contribution in [0.4, 0.5) is 0 Å². The molecular weight excluding hydrogens is 244 g/mol. The molecule has 0 atom stereocenters. The van der Waals surface area contributed by atoms with Crippen LogP contribution in [-0.2, 0) is 14.4 Å². The predicted molar refractivity (Wildman–Crippen MR) is 60.7 cm³/mol. The summed E-state index contributed by atoms with van der Waals surface area (Å²) in [6.45, 7) is 0. The van der Waals surface area contributed by atoms with E-state index in [1.807, 2.05) is 0 Å². The molecule has 0 aliphatic carbocycles. The molecule has 0 aromatic rings. The van der Waals surface area contributed by atoms with Gasteiger partial charge in [0.15, 0.2) is 0 Å². The van der Waals surface area contributed by atoms with Crippen molar-refractivity contribution in [2.75, 3.05) is 0 Å². The lowest BCUT2D eigenvalue weighted by atomic mass is 9.85.